The SMILES string of the molecule is CSc1nc(C2CC2)cc(C(=O)N2CCC(C(=O)Nc3cc(C)ccn3)CC2)c1C#N. The minimum Gasteiger partial charge on any atom is -0.339 e. The molecule has 3 heterocycles. The number of hydrogen-bond acceptors (Lipinski definition) is 6. The van der Waals surface area contributed by atoms with Crippen molar-refractivity contribution in [3.8, 4) is 6.07 Å². The van der Waals surface area contributed by atoms with Gasteiger partial charge >= 0.3 is 0 Å². The topological polar surface area (TPSA) is 99.0 Å². The summed E-state index contributed by atoms with van der Waals surface area (Å²) >= 11 is 1.40. The van der Waals surface area contributed by atoms with Gasteiger partial charge in [0.2, 0.25) is 5.91 Å². The smallest absolute Gasteiger partial charge is 0.255 e. The third kappa shape index (κ3) is 4.72. The van der Waals surface area contributed by atoms with Gasteiger partial charge in [-0.2, -0.15) is 5.26 Å². The fourth-order valence-electron chi connectivity index (χ4n) is 3.90. The van der Waals surface area contributed by atoms with Crippen LogP contribution in [0.1, 0.15) is 58.8 Å². The normalized spacial score (nSPS) is 16.6. The van der Waals surface area contributed by atoms with Crippen LogP contribution < -0.4 is 5.32 Å². The van der Waals surface area contributed by atoms with E-state index in [1.54, 1.807) is 17.2 Å². The second-order valence-electron chi connectivity index (χ2n) is 8.14. The summed E-state index contributed by atoms with van der Waals surface area (Å²) in [4.78, 5) is 36.4. The number of carbonyl (C=O) groups excluding carboxylic acids is 2. The monoisotopic (exact) mass is 435 g/mol. The molecule has 2 aromatic rings. The number of pyridine rings is 2. The molecule has 1 saturated carbocycles. The summed E-state index contributed by atoms with van der Waals surface area (Å²) in [7, 11) is 0. The number of thioether (sulfide) groups is 1. The average molecular weight is 436 g/mol. The van der Waals surface area contributed by atoms with Gasteiger partial charge in [-0.1, -0.05) is 0 Å². The first-order valence-electron chi connectivity index (χ1n) is 10.5. The molecule has 8 heteroatoms. The Kier molecular flexibility index (Phi) is 6.23. The molecule has 0 bridgehead atoms. The van der Waals surface area contributed by atoms with Gasteiger partial charge < -0.3 is 10.2 Å². The molecule has 1 aliphatic heterocycles. The Morgan fingerprint density at radius 1 is 1.23 bits per heavy atom. The summed E-state index contributed by atoms with van der Waals surface area (Å²) in [5, 5.41) is 13.2. The molecule has 2 amide bonds. The van der Waals surface area contributed by atoms with Crippen molar-refractivity contribution in [2.45, 2.75) is 43.6 Å². The Labute approximate surface area is 186 Å². The summed E-state index contributed by atoms with van der Waals surface area (Å²) in [6.07, 6.45) is 6.88. The highest BCUT2D eigenvalue weighted by Gasteiger charge is 2.32. The van der Waals surface area contributed by atoms with E-state index < -0.39 is 0 Å². The molecule has 2 aromatic heterocycles. The largest absolute Gasteiger partial charge is 0.339 e. The van der Waals surface area contributed by atoms with Crippen molar-refractivity contribution < 1.29 is 9.59 Å². The lowest BCUT2D eigenvalue weighted by atomic mass is 9.95. The van der Waals surface area contributed by atoms with Gasteiger partial charge in [0.15, 0.2) is 0 Å². The zero-order valence-corrected chi connectivity index (χ0v) is 18.5. The number of nitrogens with one attached hydrogen (secondary N) is 1. The minimum absolute atomic E-state index is 0.0625. The Morgan fingerprint density at radius 2 is 1.97 bits per heavy atom. The van der Waals surface area contributed by atoms with E-state index in [9.17, 15) is 14.9 Å². The molecule has 0 atom stereocenters. The molecule has 1 N–H and O–H groups in total. The number of anilines is 1. The molecular weight excluding hydrogens is 410 g/mol. The molecule has 4 rings (SSSR count). The Bertz CT molecular complexity index is 1050. The van der Waals surface area contributed by atoms with E-state index in [2.05, 4.69) is 21.4 Å². The maximum Gasteiger partial charge on any atom is 0.255 e. The number of rotatable bonds is 5. The van der Waals surface area contributed by atoms with Gasteiger partial charge in [0.05, 0.1) is 11.1 Å². The highest BCUT2D eigenvalue weighted by molar-refractivity contribution is 7.98. The van der Waals surface area contributed by atoms with Gasteiger partial charge in [-0.05, 0) is 62.6 Å². The van der Waals surface area contributed by atoms with Crippen LogP contribution >= 0.6 is 11.8 Å². The molecule has 2 fully saturated rings. The van der Waals surface area contributed by atoms with Gasteiger partial charge in [-0.25, -0.2) is 9.97 Å². The summed E-state index contributed by atoms with van der Waals surface area (Å²) in [5.41, 5.74) is 2.74. The van der Waals surface area contributed by atoms with E-state index in [1.165, 1.54) is 11.8 Å². The summed E-state index contributed by atoms with van der Waals surface area (Å²) in [6, 6.07) is 7.70. The number of likely N-dealkylation sites (tertiary alicyclic amines) is 1. The van der Waals surface area contributed by atoms with Crippen LogP contribution in [0.4, 0.5) is 5.82 Å². The van der Waals surface area contributed by atoms with E-state index in [4.69, 9.17) is 0 Å². The number of amides is 2. The van der Waals surface area contributed by atoms with Gasteiger partial charge in [0.1, 0.15) is 16.9 Å². The molecule has 1 saturated heterocycles. The second kappa shape index (κ2) is 9.06. The predicted molar refractivity (Wildman–Crippen MR) is 119 cm³/mol. The Morgan fingerprint density at radius 3 is 2.58 bits per heavy atom. The maximum atomic E-state index is 13.3. The molecule has 0 radical (unpaired) electrons. The van der Waals surface area contributed by atoms with Crippen molar-refractivity contribution in [1.29, 1.82) is 5.26 Å². The first kappa shape index (κ1) is 21.3. The third-order valence-electron chi connectivity index (χ3n) is 5.86. The Hall–Kier alpha value is -2.92. The zero-order chi connectivity index (χ0) is 22.0. The van der Waals surface area contributed by atoms with Crippen molar-refractivity contribution in [2.75, 3.05) is 24.7 Å². The first-order chi connectivity index (χ1) is 15.0. The molecule has 31 heavy (non-hydrogen) atoms. The fraction of sp³-hybridized carbons (Fsp3) is 0.435. The van der Waals surface area contributed by atoms with E-state index in [1.807, 2.05) is 25.3 Å². The fourth-order valence-corrected chi connectivity index (χ4v) is 4.46. The number of hydrogen-bond donors (Lipinski definition) is 1. The van der Waals surface area contributed by atoms with E-state index >= 15 is 0 Å². The second-order valence-corrected chi connectivity index (χ2v) is 8.93. The number of aryl methyl sites for hydroxylation is 1. The van der Waals surface area contributed by atoms with Crippen LogP contribution in [0.15, 0.2) is 29.4 Å². The van der Waals surface area contributed by atoms with Gasteiger partial charge in [-0.3, -0.25) is 9.59 Å². The van der Waals surface area contributed by atoms with Gasteiger partial charge in [0, 0.05) is 36.8 Å². The summed E-state index contributed by atoms with van der Waals surface area (Å²) in [6.45, 7) is 2.92. The number of aromatic nitrogens is 2. The third-order valence-corrected chi connectivity index (χ3v) is 6.54. The van der Waals surface area contributed by atoms with Crippen LogP contribution in [-0.4, -0.2) is 46.0 Å². The van der Waals surface area contributed by atoms with E-state index in [0.717, 1.165) is 24.1 Å². The molecule has 0 unspecified atom stereocenters. The van der Waals surface area contributed by atoms with Crippen LogP contribution in [0.25, 0.3) is 0 Å². The molecule has 160 valence electrons. The maximum absolute atomic E-state index is 13.3. The quantitative estimate of drug-likeness (QED) is 0.718. The van der Waals surface area contributed by atoms with Gasteiger partial charge in [-0.15, -0.1) is 11.8 Å². The predicted octanol–water partition coefficient (Wildman–Crippen LogP) is 3.75. The highest BCUT2D eigenvalue weighted by atomic mass is 32.2. The number of piperidine rings is 1. The number of nitrogens with zero attached hydrogens (tertiary/aromatic N) is 4. The Balaban J connectivity index is 1.44. The van der Waals surface area contributed by atoms with Crippen LogP contribution in [0.2, 0.25) is 0 Å². The van der Waals surface area contributed by atoms with Crippen molar-refractivity contribution in [3.05, 3.63) is 46.8 Å². The van der Waals surface area contributed by atoms with Crippen molar-refractivity contribution in [2.24, 2.45) is 5.92 Å². The standard InChI is InChI=1S/C23H25N5O2S/c1-14-5-8-25-20(11-14)27-21(29)16-6-9-28(10-7-16)23(30)17-12-19(15-3-4-15)26-22(31-2)18(17)13-24/h5,8,11-12,15-16H,3-4,6-7,9-10H2,1-2H3,(H,25,27,29). The van der Waals surface area contributed by atoms with Crippen LogP contribution in [0, 0.1) is 24.2 Å². The molecule has 1 aliphatic carbocycles. The van der Waals surface area contributed by atoms with Crippen molar-refractivity contribution >= 4 is 29.4 Å². The average Bonchev–Trinajstić information content (AvgIpc) is 3.63. The summed E-state index contributed by atoms with van der Waals surface area (Å²) < 4.78 is 0. The number of nitriles is 1. The zero-order valence-electron chi connectivity index (χ0n) is 17.7. The number of carbonyl (C=O) groups is 2. The molecule has 7 nitrogen and oxygen atoms in total. The van der Waals surface area contributed by atoms with Crippen LogP contribution in [0.5, 0.6) is 0 Å². The van der Waals surface area contributed by atoms with E-state index in [0.29, 0.717) is 53.8 Å². The molecule has 0 spiro atoms. The highest BCUT2D eigenvalue weighted by Crippen LogP contribution is 2.41. The summed E-state index contributed by atoms with van der Waals surface area (Å²) in [5.74, 6) is 0.580. The minimum atomic E-state index is -0.164. The lowest BCUT2D eigenvalue weighted by Gasteiger charge is -2.31. The first-order valence-corrected chi connectivity index (χ1v) is 11.7. The lowest BCUT2D eigenvalue weighted by Crippen LogP contribution is -2.41. The lowest BCUT2D eigenvalue weighted by molar-refractivity contribution is -0.121. The van der Waals surface area contributed by atoms with Crippen molar-refractivity contribution in [1.82, 2.24) is 14.9 Å². The van der Waals surface area contributed by atoms with E-state index in [-0.39, 0.29) is 17.7 Å². The van der Waals surface area contributed by atoms with Crippen molar-refractivity contribution in [3.63, 3.8) is 0 Å². The molecule has 2 aliphatic rings. The van der Waals surface area contributed by atoms with Gasteiger partial charge in [0.25, 0.3) is 5.91 Å². The van der Waals surface area contributed by atoms with Crippen LogP contribution in [0.3, 0.4) is 0 Å². The van der Waals surface area contributed by atoms with Crippen LogP contribution in [-0.2, 0) is 4.79 Å². The molecule has 0 aromatic carbocycles. The molecular formula is C23H25N5O2S.